The Kier molecular flexibility index (Phi) is 7.59. The first-order valence-corrected chi connectivity index (χ1v) is 7.17. The quantitative estimate of drug-likeness (QED) is 0.721. The van der Waals surface area contributed by atoms with Gasteiger partial charge in [0.15, 0.2) is 6.61 Å². The van der Waals surface area contributed by atoms with Gasteiger partial charge in [-0.05, 0) is 24.6 Å². The van der Waals surface area contributed by atoms with Gasteiger partial charge in [-0.3, -0.25) is 4.79 Å². The Bertz CT molecular complexity index is 512. The number of halogens is 1. The summed E-state index contributed by atoms with van der Waals surface area (Å²) >= 11 is 6.18. The second-order valence-electron chi connectivity index (χ2n) is 4.96. The van der Waals surface area contributed by atoms with Gasteiger partial charge in [0.1, 0.15) is 12.3 Å². The van der Waals surface area contributed by atoms with Crippen LogP contribution in [0.3, 0.4) is 0 Å². The maximum Gasteiger partial charge on any atom is 0.258 e. The van der Waals surface area contributed by atoms with Gasteiger partial charge >= 0.3 is 0 Å². The molecule has 0 aliphatic rings. The molecule has 0 radical (unpaired) electrons. The van der Waals surface area contributed by atoms with Gasteiger partial charge in [0, 0.05) is 17.1 Å². The summed E-state index contributed by atoms with van der Waals surface area (Å²) in [6, 6.07) is 7.17. The third-order valence-corrected chi connectivity index (χ3v) is 3.01. The fourth-order valence-corrected chi connectivity index (χ4v) is 1.90. The molecule has 1 aromatic carbocycles. The van der Waals surface area contributed by atoms with Crippen molar-refractivity contribution in [3.63, 3.8) is 0 Å². The fourth-order valence-electron chi connectivity index (χ4n) is 1.66. The molecule has 0 aliphatic carbocycles. The van der Waals surface area contributed by atoms with Gasteiger partial charge in [-0.2, -0.15) is 5.26 Å². The number of ether oxygens (including phenoxy) is 1. The number of hydrogen-bond acceptors (Lipinski definition) is 4. The van der Waals surface area contributed by atoms with Crippen molar-refractivity contribution in [2.24, 2.45) is 5.92 Å². The maximum atomic E-state index is 11.4. The summed E-state index contributed by atoms with van der Waals surface area (Å²) in [5.41, 5.74) is 0.827. The number of nitriles is 1. The summed E-state index contributed by atoms with van der Waals surface area (Å²) in [6.07, 6.45) is 0. The number of carbonyl (C=O) groups excluding carboxylic acids is 1. The van der Waals surface area contributed by atoms with Crippen LogP contribution in [0, 0.1) is 17.2 Å². The van der Waals surface area contributed by atoms with E-state index in [9.17, 15) is 4.79 Å². The number of nitrogens with zero attached hydrogens (tertiary/aromatic N) is 1. The molecule has 0 saturated carbocycles. The van der Waals surface area contributed by atoms with Gasteiger partial charge in [0.2, 0.25) is 0 Å². The van der Waals surface area contributed by atoms with Crippen molar-refractivity contribution in [3.05, 3.63) is 28.8 Å². The molecule has 1 aromatic rings. The van der Waals surface area contributed by atoms with Gasteiger partial charge in [-0.25, -0.2) is 0 Å². The molecule has 2 N–H and O–H groups in total. The molecule has 0 aromatic heterocycles. The Morgan fingerprint density at radius 1 is 1.48 bits per heavy atom. The SMILES string of the molecule is CC(C)CNCc1c(Cl)cccc1OCC(=O)NCC#N. The molecule has 5 nitrogen and oxygen atoms in total. The van der Waals surface area contributed by atoms with Crippen LogP contribution >= 0.6 is 11.6 Å². The molecule has 0 saturated heterocycles. The summed E-state index contributed by atoms with van der Waals surface area (Å²) in [5.74, 6) is 0.775. The predicted molar refractivity (Wildman–Crippen MR) is 82.1 cm³/mol. The molecule has 1 amide bonds. The lowest BCUT2D eigenvalue weighted by Gasteiger charge is -2.14. The molecular weight excluding hydrogens is 290 g/mol. The minimum Gasteiger partial charge on any atom is -0.483 e. The van der Waals surface area contributed by atoms with E-state index in [1.54, 1.807) is 18.2 Å². The van der Waals surface area contributed by atoms with Crippen LogP contribution < -0.4 is 15.4 Å². The monoisotopic (exact) mass is 309 g/mol. The molecular formula is C15H20ClN3O2. The summed E-state index contributed by atoms with van der Waals surface area (Å²) in [4.78, 5) is 11.4. The molecule has 0 aliphatic heterocycles. The van der Waals surface area contributed by atoms with Crippen molar-refractivity contribution >= 4 is 17.5 Å². The molecule has 0 fully saturated rings. The Morgan fingerprint density at radius 3 is 2.90 bits per heavy atom. The lowest BCUT2D eigenvalue weighted by Crippen LogP contribution is -2.29. The predicted octanol–water partition coefficient (Wildman–Crippen LogP) is 2.10. The van der Waals surface area contributed by atoms with Crippen LogP contribution in [0.2, 0.25) is 5.02 Å². The Morgan fingerprint density at radius 2 is 2.24 bits per heavy atom. The summed E-state index contributed by atoms with van der Waals surface area (Å²) in [6.45, 7) is 5.52. The van der Waals surface area contributed by atoms with Gasteiger partial charge in [0.05, 0.1) is 6.07 Å². The lowest BCUT2D eigenvalue weighted by atomic mass is 10.1. The standard InChI is InChI=1S/C15H20ClN3O2/c1-11(2)8-18-9-12-13(16)4-3-5-14(12)21-10-15(20)19-7-6-17/h3-5,11,18H,7-10H2,1-2H3,(H,19,20). The average molecular weight is 310 g/mol. The van der Waals surface area contributed by atoms with E-state index in [0.717, 1.165) is 12.1 Å². The van der Waals surface area contributed by atoms with E-state index in [0.29, 0.717) is 23.2 Å². The van der Waals surface area contributed by atoms with E-state index in [1.807, 2.05) is 6.07 Å². The van der Waals surface area contributed by atoms with Crippen LogP contribution in [0.15, 0.2) is 18.2 Å². The molecule has 0 bridgehead atoms. The molecule has 0 heterocycles. The molecule has 21 heavy (non-hydrogen) atoms. The van der Waals surface area contributed by atoms with E-state index in [4.69, 9.17) is 21.6 Å². The molecule has 0 spiro atoms. The molecule has 0 atom stereocenters. The Labute approximate surface area is 130 Å². The van der Waals surface area contributed by atoms with E-state index < -0.39 is 0 Å². The summed E-state index contributed by atoms with van der Waals surface area (Å²) in [7, 11) is 0. The largest absolute Gasteiger partial charge is 0.483 e. The first-order valence-electron chi connectivity index (χ1n) is 6.79. The highest BCUT2D eigenvalue weighted by molar-refractivity contribution is 6.31. The highest BCUT2D eigenvalue weighted by Gasteiger charge is 2.10. The smallest absolute Gasteiger partial charge is 0.258 e. The number of carbonyl (C=O) groups is 1. The second kappa shape index (κ2) is 9.22. The summed E-state index contributed by atoms with van der Waals surface area (Å²) < 4.78 is 5.49. The molecule has 1 rings (SSSR count). The number of rotatable bonds is 8. The van der Waals surface area contributed by atoms with Crippen molar-refractivity contribution < 1.29 is 9.53 Å². The van der Waals surface area contributed by atoms with Crippen LogP contribution in [-0.4, -0.2) is 25.6 Å². The van der Waals surface area contributed by atoms with E-state index >= 15 is 0 Å². The first kappa shape index (κ1) is 17.3. The van der Waals surface area contributed by atoms with Gasteiger partial charge in [-0.15, -0.1) is 0 Å². The third kappa shape index (κ3) is 6.48. The highest BCUT2D eigenvalue weighted by atomic mass is 35.5. The topological polar surface area (TPSA) is 74.2 Å². The van der Waals surface area contributed by atoms with Crippen molar-refractivity contribution in [1.82, 2.24) is 10.6 Å². The maximum absolute atomic E-state index is 11.4. The number of nitrogens with one attached hydrogen (secondary N) is 2. The molecule has 114 valence electrons. The number of hydrogen-bond donors (Lipinski definition) is 2. The van der Waals surface area contributed by atoms with E-state index in [-0.39, 0.29) is 19.1 Å². The number of benzene rings is 1. The zero-order valence-electron chi connectivity index (χ0n) is 12.3. The van der Waals surface area contributed by atoms with Crippen molar-refractivity contribution in [2.75, 3.05) is 19.7 Å². The van der Waals surface area contributed by atoms with Crippen molar-refractivity contribution in [2.45, 2.75) is 20.4 Å². The van der Waals surface area contributed by atoms with Crippen LogP contribution in [0.1, 0.15) is 19.4 Å². The highest BCUT2D eigenvalue weighted by Crippen LogP contribution is 2.26. The minimum atomic E-state index is -0.336. The Balaban J connectivity index is 2.62. The van der Waals surface area contributed by atoms with Gasteiger partial charge in [-0.1, -0.05) is 31.5 Å². The van der Waals surface area contributed by atoms with Crippen LogP contribution in [0.5, 0.6) is 5.75 Å². The minimum absolute atomic E-state index is 0.0272. The van der Waals surface area contributed by atoms with Gasteiger partial charge in [0.25, 0.3) is 5.91 Å². The van der Waals surface area contributed by atoms with Crippen LogP contribution in [0.25, 0.3) is 0 Å². The van der Waals surface area contributed by atoms with Crippen molar-refractivity contribution in [1.29, 1.82) is 5.26 Å². The summed E-state index contributed by atoms with van der Waals surface area (Å²) in [5, 5.41) is 14.7. The van der Waals surface area contributed by atoms with Crippen LogP contribution in [-0.2, 0) is 11.3 Å². The normalized spacial score (nSPS) is 10.2. The zero-order chi connectivity index (χ0) is 15.7. The second-order valence-corrected chi connectivity index (χ2v) is 5.37. The van der Waals surface area contributed by atoms with E-state index in [2.05, 4.69) is 24.5 Å². The number of amides is 1. The third-order valence-electron chi connectivity index (χ3n) is 2.65. The lowest BCUT2D eigenvalue weighted by molar-refractivity contribution is -0.122. The van der Waals surface area contributed by atoms with Gasteiger partial charge < -0.3 is 15.4 Å². The molecule has 0 unspecified atom stereocenters. The van der Waals surface area contributed by atoms with E-state index in [1.165, 1.54) is 0 Å². The molecule has 6 heteroatoms. The zero-order valence-corrected chi connectivity index (χ0v) is 13.0. The Hall–Kier alpha value is -1.77. The average Bonchev–Trinajstić information content (AvgIpc) is 2.44. The first-order chi connectivity index (χ1) is 10.0. The van der Waals surface area contributed by atoms with Crippen molar-refractivity contribution in [3.8, 4) is 11.8 Å². The fraction of sp³-hybridized carbons (Fsp3) is 0.467. The van der Waals surface area contributed by atoms with Crippen LogP contribution in [0.4, 0.5) is 0 Å².